The Morgan fingerprint density at radius 1 is 1.00 bits per heavy atom. The molecule has 0 aliphatic carbocycles. The average molecular weight is 305 g/mol. The van der Waals surface area contributed by atoms with Crippen LogP contribution >= 0.6 is 11.8 Å². The minimum absolute atomic E-state index is 0.186. The van der Waals surface area contributed by atoms with Crippen LogP contribution < -0.4 is 4.74 Å². The molecule has 0 amide bonds. The lowest BCUT2D eigenvalue weighted by Gasteiger charge is -2.16. The van der Waals surface area contributed by atoms with Crippen molar-refractivity contribution in [2.24, 2.45) is 0 Å². The van der Waals surface area contributed by atoms with Crippen molar-refractivity contribution < 1.29 is 9.13 Å². The van der Waals surface area contributed by atoms with E-state index >= 15 is 0 Å². The van der Waals surface area contributed by atoms with E-state index in [9.17, 15) is 4.39 Å². The minimum Gasteiger partial charge on any atom is -0.492 e. The smallest absolute Gasteiger partial charge is 0.123 e. The van der Waals surface area contributed by atoms with E-state index in [1.165, 1.54) is 12.1 Å². The van der Waals surface area contributed by atoms with Crippen molar-refractivity contribution in [1.82, 2.24) is 4.90 Å². The number of para-hydroxylation sites is 1. The van der Waals surface area contributed by atoms with Gasteiger partial charge in [-0.05, 0) is 43.4 Å². The van der Waals surface area contributed by atoms with Crippen LogP contribution in [0.5, 0.6) is 5.75 Å². The number of benzene rings is 2. The van der Waals surface area contributed by atoms with Gasteiger partial charge in [-0.15, -0.1) is 11.8 Å². The zero-order valence-corrected chi connectivity index (χ0v) is 13.0. The van der Waals surface area contributed by atoms with E-state index in [1.807, 2.05) is 42.5 Å². The molecule has 2 rings (SSSR count). The van der Waals surface area contributed by atoms with Crippen LogP contribution in [0, 0.1) is 5.82 Å². The van der Waals surface area contributed by atoms with E-state index in [0.29, 0.717) is 6.61 Å². The normalized spacial score (nSPS) is 10.8. The molecule has 112 valence electrons. The standard InChI is InChI=1S/C17H20FNOS/c1-19(11-13-20-16-5-3-2-4-6-16)12-14-21-17-9-7-15(18)8-10-17/h2-10H,11-14H2,1H3. The number of likely N-dealkylation sites (N-methyl/N-ethyl adjacent to an activating group) is 1. The van der Waals surface area contributed by atoms with Gasteiger partial charge in [0.1, 0.15) is 18.2 Å². The fraction of sp³-hybridized carbons (Fsp3) is 0.294. The Balaban J connectivity index is 1.59. The molecule has 0 fully saturated rings. The first-order chi connectivity index (χ1) is 10.2. The lowest BCUT2D eigenvalue weighted by atomic mass is 10.3. The van der Waals surface area contributed by atoms with Gasteiger partial charge in [-0.1, -0.05) is 18.2 Å². The molecule has 0 aromatic heterocycles. The summed E-state index contributed by atoms with van der Waals surface area (Å²) in [5.41, 5.74) is 0. The van der Waals surface area contributed by atoms with Crippen molar-refractivity contribution in [3.63, 3.8) is 0 Å². The van der Waals surface area contributed by atoms with Crippen LogP contribution in [0.3, 0.4) is 0 Å². The van der Waals surface area contributed by atoms with Crippen molar-refractivity contribution in [2.45, 2.75) is 4.90 Å². The highest BCUT2D eigenvalue weighted by Crippen LogP contribution is 2.17. The van der Waals surface area contributed by atoms with E-state index in [4.69, 9.17) is 4.74 Å². The summed E-state index contributed by atoms with van der Waals surface area (Å²) in [5, 5.41) is 0. The number of thioether (sulfide) groups is 1. The van der Waals surface area contributed by atoms with Crippen molar-refractivity contribution in [3.8, 4) is 5.75 Å². The maximum Gasteiger partial charge on any atom is 0.123 e. The van der Waals surface area contributed by atoms with E-state index in [-0.39, 0.29) is 5.82 Å². The second kappa shape index (κ2) is 8.70. The molecule has 0 heterocycles. The second-order valence-corrected chi connectivity index (χ2v) is 5.94. The summed E-state index contributed by atoms with van der Waals surface area (Å²) < 4.78 is 18.4. The largest absolute Gasteiger partial charge is 0.492 e. The van der Waals surface area contributed by atoms with Crippen LogP contribution in [0.15, 0.2) is 59.5 Å². The summed E-state index contributed by atoms with van der Waals surface area (Å²) >= 11 is 1.74. The van der Waals surface area contributed by atoms with E-state index in [1.54, 1.807) is 11.8 Å². The van der Waals surface area contributed by atoms with Crippen LogP contribution in [0.4, 0.5) is 4.39 Å². The molecular weight excluding hydrogens is 285 g/mol. The molecule has 0 aliphatic rings. The summed E-state index contributed by atoms with van der Waals surface area (Å²) in [6, 6.07) is 16.5. The van der Waals surface area contributed by atoms with Gasteiger partial charge in [0.2, 0.25) is 0 Å². The highest BCUT2D eigenvalue weighted by Gasteiger charge is 2.00. The molecule has 0 bridgehead atoms. The summed E-state index contributed by atoms with van der Waals surface area (Å²) in [6.07, 6.45) is 0. The molecule has 0 saturated heterocycles. The maximum absolute atomic E-state index is 12.8. The van der Waals surface area contributed by atoms with E-state index in [0.717, 1.165) is 29.5 Å². The van der Waals surface area contributed by atoms with Gasteiger partial charge in [-0.2, -0.15) is 0 Å². The summed E-state index contributed by atoms with van der Waals surface area (Å²) in [7, 11) is 2.08. The van der Waals surface area contributed by atoms with Crippen molar-refractivity contribution >= 4 is 11.8 Å². The molecule has 0 aliphatic heterocycles. The molecule has 4 heteroatoms. The van der Waals surface area contributed by atoms with Crippen LogP contribution in [0.2, 0.25) is 0 Å². The third-order valence-electron chi connectivity index (χ3n) is 3.04. The fourth-order valence-corrected chi connectivity index (χ4v) is 2.77. The number of hydrogen-bond acceptors (Lipinski definition) is 3. The Kier molecular flexibility index (Phi) is 6.57. The lowest BCUT2D eigenvalue weighted by molar-refractivity contribution is 0.245. The first-order valence-electron chi connectivity index (χ1n) is 6.99. The molecule has 2 aromatic rings. The third-order valence-corrected chi connectivity index (χ3v) is 4.03. The summed E-state index contributed by atoms with van der Waals surface area (Å²) in [5.74, 6) is 1.70. The molecule has 0 atom stereocenters. The molecule has 2 aromatic carbocycles. The van der Waals surface area contributed by atoms with Crippen LogP contribution in [0.25, 0.3) is 0 Å². The molecular formula is C17H20FNOS. The maximum atomic E-state index is 12.8. The average Bonchev–Trinajstić information content (AvgIpc) is 2.50. The number of nitrogens with zero attached hydrogens (tertiary/aromatic N) is 1. The predicted molar refractivity (Wildman–Crippen MR) is 86.6 cm³/mol. The van der Waals surface area contributed by atoms with Gasteiger partial charge in [-0.3, -0.25) is 0 Å². The van der Waals surface area contributed by atoms with Crippen molar-refractivity contribution in [1.29, 1.82) is 0 Å². The Bertz CT molecular complexity index is 518. The topological polar surface area (TPSA) is 12.5 Å². The number of rotatable bonds is 8. The molecule has 0 N–H and O–H groups in total. The Hall–Kier alpha value is -1.52. The molecule has 21 heavy (non-hydrogen) atoms. The van der Waals surface area contributed by atoms with Crippen LogP contribution in [-0.2, 0) is 0 Å². The first-order valence-corrected chi connectivity index (χ1v) is 7.97. The highest BCUT2D eigenvalue weighted by molar-refractivity contribution is 7.99. The lowest BCUT2D eigenvalue weighted by Crippen LogP contribution is -2.26. The second-order valence-electron chi connectivity index (χ2n) is 4.77. The molecule has 0 radical (unpaired) electrons. The van der Waals surface area contributed by atoms with Crippen LogP contribution in [0.1, 0.15) is 0 Å². The SMILES string of the molecule is CN(CCOc1ccccc1)CCSc1ccc(F)cc1. The molecule has 0 spiro atoms. The van der Waals surface area contributed by atoms with Crippen LogP contribution in [-0.4, -0.2) is 37.4 Å². The quantitative estimate of drug-likeness (QED) is 0.686. The Morgan fingerprint density at radius 3 is 2.43 bits per heavy atom. The zero-order valence-electron chi connectivity index (χ0n) is 12.2. The van der Waals surface area contributed by atoms with Gasteiger partial charge >= 0.3 is 0 Å². The Labute approximate surface area is 129 Å². The summed E-state index contributed by atoms with van der Waals surface area (Å²) in [6.45, 7) is 2.54. The number of hydrogen-bond donors (Lipinski definition) is 0. The molecule has 2 nitrogen and oxygen atoms in total. The van der Waals surface area contributed by atoms with Gasteiger partial charge in [-0.25, -0.2) is 4.39 Å². The third kappa shape index (κ3) is 6.19. The Morgan fingerprint density at radius 2 is 1.71 bits per heavy atom. The molecule has 0 saturated carbocycles. The van der Waals surface area contributed by atoms with Crippen molar-refractivity contribution in [2.75, 3.05) is 32.5 Å². The predicted octanol–water partition coefficient (Wildman–Crippen LogP) is 3.93. The first kappa shape index (κ1) is 15.9. The van der Waals surface area contributed by atoms with E-state index in [2.05, 4.69) is 11.9 Å². The van der Waals surface area contributed by atoms with E-state index < -0.39 is 0 Å². The van der Waals surface area contributed by atoms with Crippen molar-refractivity contribution in [3.05, 3.63) is 60.4 Å². The van der Waals surface area contributed by atoms with Gasteiger partial charge < -0.3 is 9.64 Å². The number of halogens is 1. The monoisotopic (exact) mass is 305 g/mol. The van der Waals surface area contributed by atoms with Gasteiger partial charge in [0.15, 0.2) is 0 Å². The minimum atomic E-state index is -0.186. The zero-order chi connectivity index (χ0) is 14.9. The summed E-state index contributed by atoms with van der Waals surface area (Å²) in [4.78, 5) is 3.34. The van der Waals surface area contributed by atoms with Gasteiger partial charge in [0, 0.05) is 23.7 Å². The van der Waals surface area contributed by atoms with Gasteiger partial charge in [0.05, 0.1) is 0 Å². The highest BCUT2D eigenvalue weighted by atomic mass is 32.2. The number of ether oxygens (including phenoxy) is 1. The van der Waals surface area contributed by atoms with Gasteiger partial charge in [0.25, 0.3) is 0 Å². The molecule has 0 unspecified atom stereocenters. The fourth-order valence-electron chi connectivity index (χ4n) is 1.80.